The minimum atomic E-state index is -1.10. The molecule has 0 saturated carbocycles. The van der Waals surface area contributed by atoms with Crippen LogP contribution in [0.1, 0.15) is 0 Å². The lowest BCUT2D eigenvalue weighted by Crippen LogP contribution is -2.36. The second-order valence-corrected chi connectivity index (χ2v) is 8.51. The fourth-order valence-electron chi connectivity index (χ4n) is 0.850. The summed E-state index contributed by atoms with van der Waals surface area (Å²) in [5, 5.41) is 33.6. The summed E-state index contributed by atoms with van der Waals surface area (Å²) in [5.41, 5.74) is 20.8. The normalized spacial score (nSPS) is 14.8. The Morgan fingerprint density at radius 3 is 1.00 bits per heavy atom. The van der Waals surface area contributed by atoms with E-state index in [1.165, 1.54) is 21.6 Å². The Kier molecular flexibility index (Phi) is 16.4. The molecule has 0 aromatic carbocycles. The first-order valence-electron chi connectivity index (χ1n) is 7.15. The number of carboxylic acids is 4. The van der Waals surface area contributed by atoms with E-state index in [2.05, 4.69) is 0 Å². The molecule has 0 saturated heterocycles. The first-order valence-corrected chi connectivity index (χ1v) is 10.8. The second-order valence-electron chi connectivity index (χ2n) is 4.89. The third-order valence-corrected chi connectivity index (χ3v) is 6.11. The third-order valence-electron chi connectivity index (χ3n) is 2.44. The fraction of sp³-hybridized carbons (Fsp3) is 0.667. The highest BCUT2D eigenvalue weighted by molar-refractivity contribution is 8.76. The lowest BCUT2D eigenvalue weighted by Gasteiger charge is -2.07. The molecule has 27 heavy (non-hydrogen) atoms. The molecule has 0 bridgehead atoms. The maximum absolute atomic E-state index is 10.3. The zero-order valence-electron chi connectivity index (χ0n) is 14.1. The summed E-state index contributed by atoms with van der Waals surface area (Å²) < 4.78 is 0. The number of carbonyl (C=O) groups is 4. The van der Waals surface area contributed by atoms with Crippen molar-refractivity contribution in [2.24, 2.45) is 22.9 Å². The SMILES string of the molecule is NC(CSCC(N)C(=O)O)C(=O)O.NC(CSSCC(N)C(=O)O)C(=O)O. The quantitative estimate of drug-likeness (QED) is 0.109. The molecule has 0 fully saturated rings. The maximum Gasteiger partial charge on any atom is 0.321 e. The summed E-state index contributed by atoms with van der Waals surface area (Å²) in [6.07, 6.45) is 0. The van der Waals surface area contributed by atoms with Gasteiger partial charge in [0, 0.05) is 23.0 Å². The first kappa shape index (κ1) is 28.0. The van der Waals surface area contributed by atoms with Gasteiger partial charge in [0.1, 0.15) is 24.2 Å². The molecule has 0 aliphatic heterocycles. The van der Waals surface area contributed by atoms with Crippen LogP contribution in [0.15, 0.2) is 0 Å². The van der Waals surface area contributed by atoms with Gasteiger partial charge >= 0.3 is 23.9 Å². The Morgan fingerprint density at radius 2 is 0.778 bits per heavy atom. The summed E-state index contributed by atoms with van der Waals surface area (Å²) >= 11 is 1.11. The Morgan fingerprint density at radius 1 is 0.556 bits per heavy atom. The van der Waals surface area contributed by atoms with Crippen LogP contribution >= 0.6 is 33.3 Å². The molecule has 0 aliphatic rings. The molecule has 0 amide bonds. The molecule has 12 nitrogen and oxygen atoms in total. The highest BCUT2D eigenvalue weighted by Crippen LogP contribution is 2.22. The Balaban J connectivity index is 0. The van der Waals surface area contributed by atoms with E-state index in [9.17, 15) is 19.2 Å². The van der Waals surface area contributed by atoms with E-state index in [1.54, 1.807) is 0 Å². The lowest BCUT2D eigenvalue weighted by molar-refractivity contribution is -0.138. The van der Waals surface area contributed by atoms with E-state index in [0.717, 1.165) is 11.8 Å². The van der Waals surface area contributed by atoms with Crippen LogP contribution in [0.3, 0.4) is 0 Å². The van der Waals surface area contributed by atoms with Gasteiger partial charge in [0.05, 0.1) is 0 Å². The number of rotatable bonds is 13. The van der Waals surface area contributed by atoms with Gasteiger partial charge in [0.25, 0.3) is 0 Å². The number of carboxylic acid groups (broad SMARTS) is 4. The highest BCUT2D eigenvalue weighted by Gasteiger charge is 2.15. The molecule has 158 valence electrons. The number of hydrogen-bond donors (Lipinski definition) is 8. The molecular formula is C12H24N4O8S3. The van der Waals surface area contributed by atoms with Crippen LogP contribution in [-0.2, 0) is 19.2 Å². The molecule has 0 aliphatic carbocycles. The van der Waals surface area contributed by atoms with Gasteiger partial charge in [-0.25, -0.2) is 0 Å². The predicted octanol–water partition coefficient (Wildman–Crippen LogP) is -2.26. The zero-order chi connectivity index (χ0) is 21.6. The number of thioether (sulfide) groups is 1. The van der Waals surface area contributed by atoms with Crippen molar-refractivity contribution in [3.05, 3.63) is 0 Å². The van der Waals surface area contributed by atoms with E-state index in [4.69, 9.17) is 43.4 Å². The van der Waals surface area contributed by atoms with Crippen LogP contribution in [0.5, 0.6) is 0 Å². The van der Waals surface area contributed by atoms with Crippen molar-refractivity contribution in [3.8, 4) is 0 Å². The second kappa shape index (κ2) is 15.8. The van der Waals surface area contributed by atoms with Crippen LogP contribution in [-0.4, -0.2) is 91.5 Å². The van der Waals surface area contributed by atoms with Crippen LogP contribution in [0.25, 0.3) is 0 Å². The summed E-state index contributed by atoms with van der Waals surface area (Å²) in [6.45, 7) is 0. The molecule has 12 N–H and O–H groups in total. The maximum atomic E-state index is 10.3. The van der Waals surface area contributed by atoms with Gasteiger partial charge < -0.3 is 43.4 Å². The van der Waals surface area contributed by atoms with E-state index in [1.807, 2.05) is 0 Å². The van der Waals surface area contributed by atoms with Gasteiger partial charge in [0.15, 0.2) is 0 Å². The molecule has 0 aromatic heterocycles. The molecule has 0 spiro atoms. The summed E-state index contributed by atoms with van der Waals surface area (Å²) in [4.78, 5) is 41.0. The van der Waals surface area contributed by atoms with Gasteiger partial charge in [0.2, 0.25) is 0 Å². The van der Waals surface area contributed by atoms with Crippen LogP contribution < -0.4 is 22.9 Å². The lowest BCUT2D eigenvalue weighted by atomic mass is 10.4. The van der Waals surface area contributed by atoms with E-state index < -0.39 is 48.0 Å². The molecule has 0 rings (SSSR count). The van der Waals surface area contributed by atoms with Gasteiger partial charge in [-0.1, -0.05) is 21.6 Å². The third kappa shape index (κ3) is 16.7. The van der Waals surface area contributed by atoms with Gasteiger partial charge in [-0.05, 0) is 0 Å². The van der Waals surface area contributed by atoms with Gasteiger partial charge in [-0.15, -0.1) is 0 Å². The Hall–Kier alpha value is -1.23. The van der Waals surface area contributed by atoms with E-state index >= 15 is 0 Å². The van der Waals surface area contributed by atoms with Crippen molar-refractivity contribution >= 4 is 57.2 Å². The fourth-order valence-corrected chi connectivity index (χ4v) is 4.01. The molecule has 4 unspecified atom stereocenters. The molecule has 0 heterocycles. The van der Waals surface area contributed by atoms with E-state index in [-0.39, 0.29) is 23.0 Å². The monoisotopic (exact) mass is 448 g/mol. The Labute approximate surface area is 167 Å². The van der Waals surface area contributed by atoms with Crippen LogP contribution in [0, 0.1) is 0 Å². The first-order chi connectivity index (χ1) is 12.4. The van der Waals surface area contributed by atoms with E-state index in [0.29, 0.717) is 0 Å². The van der Waals surface area contributed by atoms with Gasteiger partial charge in [-0.2, -0.15) is 11.8 Å². The average molecular weight is 449 g/mol. The predicted molar refractivity (Wildman–Crippen MR) is 105 cm³/mol. The van der Waals surface area contributed by atoms with Crippen molar-refractivity contribution in [1.29, 1.82) is 0 Å². The summed E-state index contributed by atoms with van der Waals surface area (Å²) in [6, 6.07) is -3.78. The number of nitrogens with two attached hydrogens (primary N) is 4. The smallest absolute Gasteiger partial charge is 0.321 e. The standard InChI is InChI=1S/C6H12N2O4S2.C6H12N2O4S/c7-3(5(9)10)1-13-14-2-4(8)6(11)12;7-3(5(9)10)1-13-2-4(8)6(11)12/h3-4H,1-2,7-8H2,(H,9,10)(H,11,12);3-4H,1-2,7-8H2,(H,9,10)(H,11,12). The topological polar surface area (TPSA) is 253 Å². The number of hydrogen-bond acceptors (Lipinski definition) is 11. The van der Waals surface area contributed by atoms with Crippen molar-refractivity contribution in [1.82, 2.24) is 0 Å². The number of aliphatic carboxylic acids is 4. The minimum absolute atomic E-state index is 0.163. The molecule has 4 atom stereocenters. The van der Waals surface area contributed by atoms with Crippen molar-refractivity contribution in [2.75, 3.05) is 23.0 Å². The summed E-state index contributed by atoms with van der Waals surface area (Å²) in [7, 11) is 2.41. The van der Waals surface area contributed by atoms with Crippen molar-refractivity contribution in [2.45, 2.75) is 24.2 Å². The Bertz CT molecular complexity index is 457. The van der Waals surface area contributed by atoms with Crippen LogP contribution in [0.4, 0.5) is 0 Å². The largest absolute Gasteiger partial charge is 0.480 e. The molecule has 15 heteroatoms. The zero-order valence-corrected chi connectivity index (χ0v) is 16.5. The molecule has 0 radical (unpaired) electrons. The highest BCUT2D eigenvalue weighted by atomic mass is 33.1. The van der Waals surface area contributed by atoms with Gasteiger partial charge in [-0.3, -0.25) is 19.2 Å². The minimum Gasteiger partial charge on any atom is -0.480 e. The van der Waals surface area contributed by atoms with Crippen LogP contribution in [0.2, 0.25) is 0 Å². The summed E-state index contributed by atoms with van der Waals surface area (Å²) in [5.74, 6) is -3.56. The van der Waals surface area contributed by atoms with Crippen molar-refractivity contribution in [3.63, 3.8) is 0 Å². The molecular weight excluding hydrogens is 424 g/mol. The van der Waals surface area contributed by atoms with Crippen molar-refractivity contribution < 1.29 is 39.6 Å². The molecule has 0 aromatic rings. The average Bonchev–Trinajstić information content (AvgIpc) is 2.57.